The van der Waals surface area contributed by atoms with Crippen molar-refractivity contribution < 1.29 is 4.79 Å². The van der Waals surface area contributed by atoms with Crippen molar-refractivity contribution in [2.75, 3.05) is 13.1 Å². The molecule has 2 N–H and O–H groups in total. The van der Waals surface area contributed by atoms with E-state index in [1.165, 1.54) is 11.3 Å². The van der Waals surface area contributed by atoms with Gasteiger partial charge in [0.2, 0.25) is 5.91 Å². The van der Waals surface area contributed by atoms with Crippen molar-refractivity contribution in [3.8, 4) is 0 Å². The molecule has 96 valence electrons. The molecule has 1 aliphatic heterocycles. The molecule has 17 heavy (non-hydrogen) atoms. The molecule has 2 atom stereocenters. The maximum atomic E-state index is 11.9. The quantitative estimate of drug-likeness (QED) is 0.899. The molecular weight excluding hydrogens is 279 g/mol. The van der Waals surface area contributed by atoms with Crippen LogP contribution in [0.1, 0.15) is 24.1 Å². The number of hydrogen-bond acceptors (Lipinski definition) is 3. The van der Waals surface area contributed by atoms with Crippen LogP contribution >= 0.6 is 35.3 Å². The molecule has 3 nitrogen and oxygen atoms in total. The van der Waals surface area contributed by atoms with Gasteiger partial charge < -0.3 is 10.6 Å². The molecule has 0 aromatic carbocycles. The van der Waals surface area contributed by atoms with E-state index in [-0.39, 0.29) is 30.3 Å². The fourth-order valence-corrected chi connectivity index (χ4v) is 2.91. The standard InChI is InChI=1S/C11H15ClN2OS.ClH/c1-7(9-2-3-10(12)16-9)11(15)14-8-4-5-13-6-8;/h2-3,7-8,13H,4-6H2,1H3,(H,14,15);1H. The van der Waals surface area contributed by atoms with Gasteiger partial charge in [-0.3, -0.25) is 4.79 Å². The lowest BCUT2D eigenvalue weighted by atomic mass is 10.1. The van der Waals surface area contributed by atoms with E-state index in [4.69, 9.17) is 11.6 Å². The highest BCUT2D eigenvalue weighted by atomic mass is 35.5. The summed E-state index contributed by atoms with van der Waals surface area (Å²) in [7, 11) is 0. The van der Waals surface area contributed by atoms with Crippen LogP contribution in [0.15, 0.2) is 12.1 Å². The maximum absolute atomic E-state index is 11.9. The first-order chi connectivity index (χ1) is 7.66. The molecule has 0 aliphatic carbocycles. The third-order valence-corrected chi connectivity index (χ3v) is 4.23. The molecule has 2 rings (SSSR count). The van der Waals surface area contributed by atoms with Crippen LogP contribution in [0.5, 0.6) is 0 Å². The Labute approximate surface area is 116 Å². The van der Waals surface area contributed by atoms with Crippen LogP contribution in [0.4, 0.5) is 0 Å². The summed E-state index contributed by atoms with van der Waals surface area (Å²) in [6.07, 6.45) is 1.02. The molecule has 2 heterocycles. The number of hydrogen-bond donors (Lipinski definition) is 2. The molecule has 2 unspecified atom stereocenters. The fraction of sp³-hybridized carbons (Fsp3) is 0.545. The Hall–Kier alpha value is -0.290. The zero-order valence-corrected chi connectivity index (χ0v) is 11.9. The number of thiophene rings is 1. The minimum absolute atomic E-state index is 0. The summed E-state index contributed by atoms with van der Waals surface area (Å²) in [5, 5.41) is 6.28. The van der Waals surface area contributed by atoms with Crippen molar-refractivity contribution in [1.29, 1.82) is 0 Å². The molecule has 0 radical (unpaired) electrons. The first-order valence-electron chi connectivity index (χ1n) is 5.43. The van der Waals surface area contributed by atoms with E-state index >= 15 is 0 Å². The van der Waals surface area contributed by atoms with Crippen LogP contribution in [-0.2, 0) is 4.79 Å². The summed E-state index contributed by atoms with van der Waals surface area (Å²) in [5.41, 5.74) is 0. The summed E-state index contributed by atoms with van der Waals surface area (Å²) in [6.45, 7) is 3.79. The number of rotatable bonds is 3. The van der Waals surface area contributed by atoms with Crippen LogP contribution < -0.4 is 10.6 Å². The van der Waals surface area contributed by atoms with E-state index in [0.29, 0.717) is 0 Å². The van der Waals surface area contributed by atoms with Gasteiger partial charge in [-0.2, -0.15) is 0 Å². The van der Waals surface area contributed by atoms with Crippen molar-refractivity contribution in [1.82, 2.24) is 10.6 Å². The normalized spacial score (nSPS) is 20.7. The first kappa shape index (κ1) is 14.8. The van der Waals surface area contributed by atoms with Crippen LogP contribution in [0.25, 0.3) is 0 Å². The third kappa shape index (κ3) is 3.85. The molecule has 1 aromatic heterocycles. The minimum atomic E-state index is -0.113. The van der Waals surface area contributed by atoms with E-state index in [9.17, 15) is 4.79 Å². The van der Waals surface area contributed by atoms with E-state index in [0.717, 1.165) is 28.7 Å². The Morgan fingerprint density at radius 3 is 2.94 bits per heavy atom. The average molecular weight is 295 g/mol. The van der Waals surface area contributed by atoms with Crippen molar-refractivity contribution in [3.05, 3.63) is 21.3 Å². The van der Waals surface area contributed by atoms with E-state index in [2.05, 4.69) is 10.6 Å². The average Bonchev–Trinajstić information content (AvgIpc) is 2.88. The van der Waals surface area contributed by atoms with Crippen molar-refractivity contribution in [2.45, 2.75) is 25.3 Å². The van der Waals surface area contributed by atoms with Gasteiger partial charge in [-0.1, -0.05) is 11.6 Å². The van der Waals surface area contributed by atoms with Crippen LogP contribution in [-0.4, -0.2) is 25.0 Å². The highest BCUT2D eigenvalue weighted by molar-refractivity contribution is 7.16. The number of nitrogens with one attached hydrogen (secondary N) is 2. The molecular formula is C11H16Cl2N2OS. The largest absolute Gasteiger partial charge is 0.351 e. The predicted molar refractivity (Wildman–Crippen MR) is 74.4 cm³/mol. The lowest BCUT2D eigenvalue weighted by Crippen LogP contribution is -2.38. The minimum Gasteiger partial charge on any atom is -0.351 e. The predicted octanol–water partition coefficient (Wildman–Crippen LogP) is 2.40. The maximum Gasteiger partial charge on any atom is 0.228 e. The van der Waals surface area contributed by atoms with Crippen LogP contribution in [0, 0.1) is 0 Å². The second kappa shape index (κ2) is 6.59. The van der Waals surface area contributed by atoms with Gasteiger partial charge in [0.05, 0.1) is 10.3 Å². The van der Waals surface area contributed by atoms with Gasteiger partial charge in [0, 0.05) is 17.5 Å². The summed E-state index contributed by atoms with van der Waals surface area (Å²) >= 11 is 7.33. The fourth-order valence-electron chi connectivity index (χ4n) is 1.79. The Bertz CT molecular complexity index is 377. The summed E-state index contributed by atoms with van der Waals surface area (Å²) in [5.74, 6) is -0.0229. The second-order valence-electron chi connectivity index (χ2n) is 4.06. The summed E-state index contributed by atoms with van der Waals surface area (Å²) < 4.78 is 0.734. The Morgan fingerprint density at radius 2 is 2.41 bits per heavy atom. The highest BCUT2D eigenvalue weighted by Crippen LogP contribution is 2.28. The number of carbonyl (C=O) groups is 1. The van der Waals surface area contributed by atoms with Crippen molar-refractivity contribution >= 4 is 41.3 Å². The molecule has 0 bridgehead atoms. The van der Waals surface area contributed by atoms with Gasteiger partial charge in [-0.05, 0) is 32.0 Å². The molecule has 1 aliphatic rings. The molecule has 1 amide bonds. The SMILES string of the molecule is CC(C(=O)NC1CCNC1)c1ccc(Cl)s1.Cl. The topological polar surface area (TPSA) is 41.1 Å². The monoisotopic (exact) mass is 294 g/mol. The van der Waals surface area contributed by atoms with Crippen LogP contribution in [0.2, 0.25) is 4.34 Å². The van der Waals surface area contributed by atoms with Gasteiger partial charge in [-0.15, -0.1) is 23.7 Å². The molecule has 1 saturated heterocycles. The summed E-state index contributed by atoms with van der Waals surface area (Å²) in [6, 6.07) is 4.04. The molecule has 0 spiro atoms. The lowest BCUT2D eigenvalue weighted by molar-refractivity contribution is -0.122. The third-order valence-electron chi connectivity index (χ3n) is 2.82. The molecule has 6 heteroatoms. The highest BCUT2D eigenvalue weighted by Gasteiger charge is 2.22. The summed E-state index contributed by atoms with van der Waals surface area (Å²) in [4.78, 5) is 13.0. The van der Waals surface area contributed by atoms with Gasteiger partial charge in [0.1, 0.15) is 0 Å². The van der Waals surface area contributed by atoms with Gasteiger partial charge in [0.15, 0.2) is 0 Å². The number of halogens is 2. The van der Waals surface area contributed by atoms with Gasteiger partial charge in [0.25, 0.3) is 0 Å². The second-order valence-corrected chi connectivity index (χ2v) is 5.81. The van der Waals surface area contributed by atoms with E-state index in [1.54, 1.807) is 0 Å². The number of amides is 1. The Morgan fingerprint density at radius 1 is 1.65 bits per heavy atom. The van der Waals surface area contributed by atoms with Crippen molar-refractivity contribution in [3.63, 3.8) is 0 Å². The molecule has 0 saturated carbocycles. The van der Waals surface area contributed by atoms with Crippen LogP contribution in [0.3, 0.4) is 0 Å². The lowest BCUT2D eigenvalue weighted by Gasteiger charge is -2.15. The molecule has 1 fully saturated rings. The van der Waals surface area contributed by atoms with Crippen molar-refractivity contribution in [2.24, 2.45) is 0 Å². The van der Waals surface area contributed by atoms with E-state index in [1.807, 2.05) is 19.1 Å². The van der Waals surface area contributed by atoms with Gasteiger partial charge in [-0.25, -0.2) is 0 Å². The zero-order valence-electron chi connectivity index (χ0n) is 9.53. The zero-order chi connectivity index (χ0) is 11.5. The Kier molecular flexibility index (Phi) is 5.73. The van der Waals surface area contributed by atoms with E-state index < -0.39 is 0 Å². The van der Waals surface area contributed by atoms with Gasteiger partial charge >= 0.3 is 0 Å². The number of carbonyl (C=O) groups excluding carboxylic acids is 1. The Balaban J connectivity index is 0.00000144. The molecule has 1 aromatic rings. The smallest absolute Gasteiger partial charge is 0.228 e. The first-order valence-corrected chi connectivity index (χ1v) is 6.62.